The Morgan fingerprint density at radius 3 is 2.52 bits per heavy atom. The Bertz CT molecular complexity index is 476. The van der Waals surface area contributed by atoms with Crippen LogP contribution in [0.4, 0.5) is 0 Å². The molecule has 0 heterocycles. The summed E-state index contributed by atoms with van der Waals surface area (Å²) in [6.45, 7) is 0.562. The van der Waals surface area contributed by atoms with Crippen LogP contribution in [-0.2, 0) is 14.3 Å². The Balaban J connectivity index is 2.78. The maximum atomic E-state index is 12.1. The van der Waals surface area contributed by atoms with Gasteiger partial charge in [0, 0.05) is 14.2 Å². The smallest absolute Gasteiger partial charge is 0.328 e. The zero-order valence-electron chi connectivity index (χ0n) is 12.0. The fraction of sp³-hybridized carbons (Fsp3) is 0.429. The lowest BCUT2D eigenvalue weighted by atomic mass is 10.1. The van der Waals surface area contributed by atoms with Crippen molar-refractivity contribution in [2.75, 3.05) is 34.0 Å². The van der Waals surface area contributed by atoms with E-state index in [-0.39, 0.29) is 12.2 Å². The van der Waals surface area contributed by atoms with Gasteiger partial charge in [-0.05, 0) is 12.1 Å². The molecule has 0 bridgehead atoms. The zero-order chi connectivity index (χ0) is 15.7. The molecule has 0 spiro atoms. The highest BCUT2D eigenvalue weighted by Crippen LogP contribution is 2.17. The first-order valence-electron chi connectivity index (χ1n) is 6.33. The van der Waals surface area contributed by atoms with E-state index in [9.17, 15) is 9.59 Å². The average Bonchev–Trinajstić information content (AvgIpc) is 2.47. The third kappa shape index (κ3) is 5.41. The maximum absolute atomic E-state index is 12.1. The molecule has 0 aromatic heterocycles. The molecule has 1 rings (SSSR count). The van der Waals surface area contributed by atoms with Gasteiger partial charge in [-0.1, -0.05) is 12.1 Å². The van der Waals surface area contributed by atoms with Gasteiger partial charge in [-0.15, -0.1) is 0 Å². The lowest BCUT2D eigenvalue weighted by Crippen LogP contribution is -2.43. The van der Waals surface area contributed by atoms with Crippen LogP contribution in [0.2, 0.25) is 0 Å². The summed E-state index contributed by atoms with van der Waals surface area (Å²) >= 11 is 0. The number of aliphatic carboxylic acids is 1. The average molecular weight is 297 g/mol. The highest BCUT2D eigenvalue weighted by molar-refractivity contribution is 5.98. The Hall–Kier alpha value is -2.12. The van der Waals surface area contributed by atoms with Crippen molar-refractivity contribution in [3.05, 3.63) is 29.8 Å². The van der Waals surface area contributed by atoms with Crippen molar-refractivity contribution in [1.29, 1.82) is 0 Å². The number of carboxylic acids is 1. The second kappa shape index (κ2) is 8.93. The SMILES string of the molecule is COCCOc1ccccc1C(=O)NC(COC)C(=O)O. The minimum Gasteiger partial charge on any atom is -0.490 e. The molecule has 1 unspecified atom stereocenters. The second-order valence-corrected chi connectivity index (χ2v) is 4.16. The number of carbonyl (C=O) groups is 2. The van der Waals surface area contributed by atoms with E-state index in [1.165, 1.54) is 7.11 Å². The maximum Gasteiger partial charge on any atom is 0.328 e. The molecule has 1 atom stereocenters. The van der Waals surface area contributed by atoms with Gasteiger partial charge in [0.2, 0.25) is 0 Å². The lowest BCUT2D eigenvalue weighted by molar-refractivity contribution is -0.140. The molecular formula is C14H19NO6. The van der Waals surface area contributed by atoms with E-state index in [1.54, 1.807) is 31.4 Å². The highest BCUT2D eigenvalue weighted by atomic mass is 16.5. The monoisotopic (exact) mass is 297 g/mol. The van der Waals surface area contributed by atoms with Crippen molar-refractivity contribution in [3.8, 4) is 5.75 Å². The van der Waals surface area contributed by atoms with Crippen LogP contribution in [0.3, 0.4) is 0 Å². The largest absolute Gasteiger partial charge is 0.490 e. The standard InChI is InChI=1S/C14H19NO6/c1-19-7-8-21-12-6-4-3-5-10(12)13(16)15-11(9-20-2)14(17)18/h3-6,11H,7-9H2,1-2H3,(H,15,16)(H,17,18). The van der Waals surface area contributed by atoms with Crippen molar-refractivity contribution in [2.45, 2.75) is 6.04 Å². The number of amides is 1. The van der Waals surface area contributed by atoms with Gasteiger partial charge in [-0.25, -0.2) is 4.79 Å². The fourth-order valence-electron chi connectivity index (χ4n) is 1.59. The van der Waals surface area contributed by atoms with Crippen LogP contribution in [0.25, 0.3) is 0 Å². The van der Waals surface area contributed by atoms with Crippen LogP contribution in [0, 0.1) is 0 Å². The van der Waals surface area contributed by atoms with Crippen molar-refractivity contribution in [1.82, 2.24) is 5.32 Å². The van der Waals surface area contributed by atoms with E-state index in [4.69, 9.17) is 19.3 Å². The molecule has 21 heavy (non-hydrogen) atoms. The molecule has 1 aromatic carbocycles. The minimum absolute atomic E-state index is 0.117. The Morgan fingerprint density at radius 1 is 1.19 bits per heavy atom. The first kappa shape index (κ1) is 16.9. The summed E-state index contributed by atoms with van der Waals surface area (Å²) in [6, 6.07) is 5.47. The number of para-hydroxylation sites is 1. The fourth-order valence-corrected chi connectivity index (χ4v) is 1.59. The summed E-state index contributed by atoms with van der Waals surface area (Å²) in [4.78, 5) is 23.2. The normalized spacial score (nSPS) is 11.7. The number of methoxy groups -OCH3 is 2. The van der Waals surface area contributed by atoms with Crippen molar-refractivity contribution in [3.63, 3.8) is 0 Å². The van der Waals surface area contributed by atoms with Gasteiger partial charge in [0.05, 0.1) is 18.8 Å². The van der Waals surface area contributed by atoms with Gasteiger partial charge < -0.3 is 24.6 Å². The van der Waals surface area contributed by atoms with Gasteiger partial charge in [0.25, 0.3) is 5.91 Å². The van der Waals surface area contributed by atoms with Crippen LogP contribution in [0.5, 0.6) is 5.75 Å². The molecule has 0 saturated carbocycles. The van der Waals surface area contributed by atoms with Gasteiger partial charge in [0.15, 0.2) is 6.04 Å². The van der Waals surface area contributed by atoms with Gasteiger partial charge >= 0.3 is 5.97 Å². The van der Waals surface area contributed by atoms with E-state index < -0.39 is 17.9 Å². The summed E-state index contributed by atoms with van der Waals surface area (Å²) in [6.07, 6.45) is 0. The Morgan fingerprint density at radius 2 is 1.90 bits per heavy atom. The molecule has 7 nitrogen and oxygen atoms in total. The number of rotatable bonds is 9. The Kier molecular flexibility index (Phi) is 7.20. The number of ether oxygens (including phenoxy) is 3. The van der Waals surface area contributed by atoms with Crippen molar-refractivity contribution in [2.24, 2.45) is 0 Å². The molecule has 0 saturated heterocycles. The summed E-state index contributed by atoms with van der Waals surface area (Å²) in [7, 11) is 2.91. The molecule has 1 aromatic rings. The zero-order valence-corrected chi connectivity index (χ0v) is 12.0. The molecular weight excluding hydrogens is 278 g/mol. The van der Waals surface area contributed by atoms with E-state index in [0.29, 0.717) is 19.0 Å². The molecule has 0 aliphatic carbocycles. The number of hydrogen-bond donors (Lipinski definition) is 2. The van der Waals surface area contributed by atoms with E-state index >= 15 is 0 Å². The summed E-state index contributed by atoms with van der Waals surface area (Å²) < 4.78 is 15.1. The number of hydrogen-bond acceptors (Lipinski definition) is 5. The summed E-state index contributed by atoms with van der Waals surface area (Å²) in [5, 5.41) is 11.4. The van der Waals surface area contributed by atoms with E-state index in [0.717, 1.165) is 0 Å². The number of benzene rings is 1. The summed E-state index contributed by atoms with van der Waals surface area (Å²) in [5.74, 6) is -1.33. The molecule has 0 radical (unpaired) electrons. The molecule has 2 N–H and O–H groups in total. The van der Waals surface area contributed by atoms with Crippen LogP contribution in [0.1, 0.15) is 10.4 Å². The first-order valence-corrected chi connectivity index (χ1v) is 6.33. The third-order valence-corrected chi connectivity index (χ3v) is 2.61. The molecule has 0 aliphatic rings. The number of carbonyl (C=O) groups excluding carboxylic acids is 1. The van der Waals surface area contributed by atoms with Crippen LogP contribution in [0.15, 0.2) is 24.3 Å². The molecule has 0 fully saturated rings. The number of carboxylic acid groups (broad SMARTS) is 1. The van der Waals surface area contributed by atoms with E-state index in [1.807, 2.05) is 0 Å². The Labute approximate surface area is 122 Å². The molecule has 7 heteroatoms. The third-order valence-electron chi connectivity index (χ3n) is 2.61. The minimum atomic E-state index is -1.16. The highest BCUT2D eigenvalue weighted by Gasteiger charge is 2.22. The quantitative estimate of drug-likeness (QED) is 0.646. The first-order chi connectivity index (χ1) is 10.1. The van der Waals surface area contributed by atoms with Crippen LogP contribution >= 0.6 is 0 Å². The molecule has 1 amide bonds. The van der Waals surface area contributed by atoms with Crippen molar-refractivity contribution < 1.29 is 28.9 Å². The van der Waals surface area contributed by atoms with Crippen LogP contribution < -0.4 is 10.1 Å². The van der Waals surface area contributed by atoms with Crippen LogP contribution in [-0.4, -0.2) is 57.1 Å². The topological polar surface area (TPSA) is 94.1 Å². The molecule has 0 aliphatic heterocycles. The summed E-state index contributed by atoms with van der Waals surface area (Å²) in [5.41, 5.74) is 0.260. The van der Waals surface area contributed by atoms with Gasteiger partial charge in [-0.2, -0.15) is 0 Å². The predicted octanol–water partition coefficient (Wildman–Crippen LogP) is 0.541. The van der Waals surface area contributed by atoms with Crippen molar-refractivity contribution >= 4 is 11.9 Å². The predicted molar refractivity (Wildman–Crippen MR) is 74.6 cm³/mol. The molecule has 116 valence electrons. The van der Waals surface area contributed by atoms with Gasteiger partial charge in [0.1, 0.15) is 12.4 Å². The second-order valence-electron chi connectivity index (χ2n) is 4.16. The lowest BCUT2D eigenvalue weighted by Gasteiger charge is -2.15. The van der Waals surface area contributed by atoms with E-state index in [2.05, 4.69) is 5.32 Å². The van der Waals surface area contributed by atoms with Gasteiger partial charge in [-0.3, -0.25) is 4.79 Å². The number of nitrogens with one attached hydrogen (secondary N) is 1.